The molecular weight excluding hydrogens is 180 g/mol. The molecule has 0 nitrogen and oxygen atoms in total. The molecule has 0 heterocycles. The average Bonchev–Trinajstić information content (AvgIpc) is 2.15. The van der Waals surface area contributed by atoms with Gasteiger partial charge in [-0.15, -0.1) is 6.58 Å². The molecule has 0 radical (unpaired) electrons. The van der Waals surface area contributed by atoms with Crippen molar-refractivity contribution in [2.24, 2.45) is 0 Å². The Bertz CT molecular complexity index is 326. The highest BCUT2D eigenvalue weighted by molar-refractivity contribution is 6.30. The average molecular weight is 193 g/mol. The van der Waals surface area contributed by atoms with Crippen LogP contribution in [0.5, 0.6) is 0 Å². The third kappa shape index (κ3) is 2.46. The smallest absolute Gasteiger partial charge is 0.0414 e. The van der Waals surface area contributed by atoms with E-state index in [1.54, 1.807) is 6.08 Å². The molecule has 0 aliphatic carbocycles. The van der Waals surface area contributed by atoms with E-state index >= 15 is 0 Å². The Balaban J connectivity index is 3.14. The molecule has 1 unspecified atom stereocenters. The van der Waals surface area contributed by atoms with Gasteiger partial charge in [0.1, 0.15) is 0 Å². The minimum Gasteiger partial charge on any atom is -0.102 e. The van der Waals surface area contributed by atoms with E-state index in [2.05, 4.69) is 26.1 Å². The summed E-state index contributed by atoms with van der Waals surface area (Å²) in [6, 6.07) is 5.93. The van der Waals surface area contributed by atoms with Crippen LogP contribution in [-0.4, -0.2) is 0 Å². The Hall–Kier alpha value is -1.01. The summed E-state index contributed by atoms with van der Waals surface area (Å²) in [6.45, 7) is 9.56. The van der Waals surface area contributed by atoms with Gasteiger partial charge in [0, 0.05) is 5.02 Å². The van der Waals surface area contributed by atoms with Gasteiger partial charge in [0.2, 0.25) is 0 Å². The molecule has 0 fully saturated rings. The second-order valence-corrected chi connectivity index (χ2v) is 3.48. The van der Waals surface area contributed by atoms with Gasteiger partial charge in [0.05, 0.1) is 0 Å². The normalized spacial score (nSPS) is 12.2. The molecule has 0 aliphatic heterocycles. The molecule has 0 amide bonds. The zero-order chi connectivity index (χ0) is 9.84. The molecule has 0 spiro atoms. The summed E-state index contributed by atoms with van der Waals surface area (Å²) in [5.41, 5.74) is 2.23. The molecule has 1 atom stereocenters. The fraction of sp³-hybridized carbons (Fsp3) is 0.167. The quantitative estimate of drug-likeness (QED) is 0.628. The van der Waals surface area contributed by atoms with Crippen molar-refractivity contribution in [3.05, 3.63) is 53.6 Å². The van der Waals surface area contributed by atoms with Gasteiger partial charge in [-0.1, -0.05) is 43.3 Å². The number of allylic oxidation sites excluding steroid dienone is 1. The van der Waals surface area contributed by atoms with Crippen LogP contribution in [0.4, 0.5) is 0 Å². The van der Waals surface area contributed by atoms with Crippen LogP contribution < -0.4 is 0 Å². The van der Waals surface area contributed by atoms with Crippen molar-refractivity contribution >= 4 is 17.7 Å². The monoisotopic (exact) mass is 192 g/mol. The number of benzene rings is 1. The van der Waals surface area contributed by atoms with E-state index < -0.39 is 0 Å². The van der Waals surface area contributed by atoms with Crippen LogP contribution in [0.15, 0.2) is 37.4 Å². The van der Waals surface area contributed by atoms with Gasteiger partial charge < -0.3 is 0 Å². The Morgan fingerprint density at radius 1 is 1.31 bits per heavy atom. The lowest BCUT2D eigenvalue weighted by atomic mass is 9.99. The topological polar surface area (TPSA) is 0 Å². The van der Waals surface area contributed by atoms with E-state index in [1.807, 2.05) is 18.2 Å². The molecule has 1 rings (SSSR count). The zero-order valence-corrected chi connectivity index (χ0v) is 8.51. The number of halogens is 1. The third-order valence-corrected chi connectivity index (χ3v) is 2.28. The van der Waals surface area contributed by atoms with Crippen LogP contribution >= 0.6 is 11.6 Å². The molecular formula is C12H13Cl. The van der Waals surface area contributed by atoms with Gasteiger partial charge in [-0.2, -0.15) is 0 Å². The second-order valence-electron chi connectivity index (χ2n) is 3.05. The van der Waals surface area contributed by atoms with Crippen LogP contribution in [0.1, 0.15) is 24.0 Å². The minimum atomic E-state index is 0.331. The molecule has 68 valence electrons. The van der Waals surface area contributed by atoms with Crippen LogP contribution in [0.2, 0.25) is 5.02 Å². The summed E-state index contributed by atoms with van der Waals surface area (Å²) >= 11 is 5.95. The van der Waals surface area contributed by atoms with E-state index in [0.29, 0.717) is 5.92 Å². The lowest BCUT2D eigenvalue weighted by Crippen LogP contribution is -1.89. The maximum absolute atomic E-state index is 5.95. The largest absolute Gasteiger partial charge is 0.102 e. The summed E-state index contributed by atoms with van der Waals surface area (Å²) in [5, 5.41) is 0.751. The fourth-order valence-electron chi connectivity index (χ4n) is 1.15. The minimum absolute atomic E-state index is 0.331. The Labute approximate surface area is 84.5 Å². The first-order chi connectivity index (χ1) is 6.17. The van der Waals surface area contributed by atoms with Crippen molar-refractivity contribution in [2.45, 2.75) is 12.8 Å². The highest BCUT2D eigenvalue weighted by Crippen LogP contribution is 2.22. The van der Waals surface area contributed by atoms with Crippen molar-refractivity contribution in [3.8, 4) is 0 Å². The SMILES string of the molecule is C=Cc1cc(Cl)cc(C(C)C=C)c1. The summed E-state index contributed by atoms with van der Waals surface area (Å²) in [5.74, 6) is 0.331. The van der Waals surface area contributed by atoms with Gasteiger partial charge in [-0.3, -0.25) is 0 Å². The van der Waals surface area contributed by atoms with Crippen molar-refractivity contribution in [1.82, 2.24) is 0 Å². The molecule has 0 N–H and O–H groups in total. The van der Waals surface area contributed by atoms with Crippen LogP contribution in [-0.2, 0) is 0 Å². The highest BCUT2D eigenvalue weighted by atomic mass is 35.5. The second kappa shape index (κ2) is 4.29. The molecule has 13 heavy (non-hydrogen) atoms. The number of hydrogen-bond acceptors (Lipinski definition) is 0. The molecule has 0 saturated heterocycles. The number of hydrogen-bond donors (Lipinski definition) is 0. The first-order valence-electron chi connectivity index (χ1n) is 4.23. The van der Waals surface area contributed by atoms with Gasteiger partial charge in [-0.25, -0.2) is 0 Å². The maximum atomic E-state index is 5.95. The first-order valence-corrected chi connectivity index (χ1v) is 4.60. The van der Waals surface area contributed by atoms with Gasteiger partial charge in [0.15, 0.2) is 0 Å². The lowest BCUT2D eigenvalue weighted by molar-refractivity contribution is 0.971. The third-order valence-electron chi connectivity index (χ3n) is 2.06. The van der Waals surface area contributed by atoms with E-state index in [-0.39, 0.29) is 0 Å². The predicted molar refractivity (Wildman–Crippen MR) is 60.2 cm³/mol. The van der Waals surface area contributed by atoms with Gasteiger partial charge in [-0.05, 0) is 29.2 Å². The molecule has 0 bridgehead atoms. The molecule has 1 heteroatoms. The Morgan fingerprint density at radius 2 is 2.00 bits per heavy atom. The summed E-state index contributed by atoms with van der Waals surface area (Å²) in [6.07, 6.45) is 3.70. The lowest BCUT2D eigenvalue weighted by Gasteiger charge is -2.07. The zero-order valence-electron chi connectivity index (χ0n) is 7.76. The molecule has 0 saturated carbocycles. The predicted octanol–water partition coefficient (Wildman–Crippen LogP) is 4.27. The van der Waals surface area contributed by atoms with Gasteiger partial charge >= 0.3 is 0 Å². The van der Waals surface area contributed by atoms with E-state index in [0.717, 1.165) is 10.6 Å². The first kappa shape index (κ1) is 10.1. The van der Waals surface area contributed by atoms with Crippen LogP contribution in [0, 0.1) is 0 Å². The molecule has 0 aromatic heterocycles. The van der Waals surface area contributed by atoms with Crippen molar-refractivity contribution in [1.29, 1.82) is 0 Å². The van der Waals surface area contributed by atoms with E-state index in [4.69, 9.17) is 11.6 Å². The van der Waals surface area contributed by atoms with E-state index in [9.17, 15) is 0 Å². The van der Waals surface area contributed by atoms with Crippen LogP contribution in [0.3, 0.4) is 0 Å². The summed E-state index contributed by atoms with van der Waals surface area (Å²) in [4.78, 5) is 0. The highest BCUT2D eigenvalue weighted by Gasteiger charge is 2.02. The maximum Gasteiger partial charge on any atom is 0.0414 e. The Kier molecular flexibility index (Phi) is 3.32. The van der Waals surface area contributed by atoms with Gasteiger partial charge in [0.25, 0.3) is 0 Å². The van der Waals surface area contributed by atoms with Crippen molar-refractivity contribution in [3.63, 3.8) is 0 Å². The fourth-order valence-corrected chi connectivity index (χ4v) is 1.40. The van der Waals surface area contributed by atoms with Crippen molar-refractivity contribution in [2.75, 3.05) is 0 Å². The molecule has 0 aliphatic rings. The van der Waals surface area contributed by atoms with Crippen molar-refractivity contribution < 1.29 is 0 Å². The molecule has 1 aromatic rings. The van der Waals surface area contributed by atoms with E-state index in [1.165, 1.54) is 5.56 Å². The standard InChI is InChI=1S/C12H13Cl/c1-4-9(3)11-6-10(5-2)7-12(13)8-11/h4-9H,1-2H2,3H3. The number of rotatable bonds is 3. The molecule has 1 aromatic carbocycles. The van der Waals surface area contributed by atoms with Crippen LogP contribution in [0.25, 0.3) is 6.08 Å². The summed E-state index contributed by atoms with van der Waals surface area (Å²) in [7, 11) is 0. The summed E-state index contributed by atoms with van der Waals surface area (Å²) < 4.78 is 0. The Morgan fingerprint density at radius 3 is 2.54 bits per heavy atom.